The summed E-state index contributed by atoms with van der Waals surface area (Å²) in [7, 11) is 0. The van der Waals surface area contributed by atoms with Crippen LogP contribution in [0.4, 0.5) is 5.82 Å². The molecule has 1 amide bonds. The molecule has 1 fully saturated rings. The second-order valence-corrected chi connectivity index (χ2v) is 9.01. The topological polar surface area (TPSA) is 58.6 Å². The quantitative estimate of drug-likeness (QED) is 0.427. The fourth-order valence-electron chi connectivity index (χ4n) is 5.01. The Bertz CT molecular complexity index is 1330. The number of carbonyl (C=O) groups excluding carboxylic acids is 1. The summed E-state index contributed by atoms with van der Waals surface area (Å²) in [6, 6.07) is 27.9. The smallest absolute Gasteiger partial charge is 0.234 e. The third kappa shape index (κ3) is 3.91. The zero-order chi connectivity index (χ0) is 23.8. The lowest BCUT2D eigenvalue weighted by atomic mass is 9.86. The molecule has 0 radical (unpaired) electrons. The van der Waals surface area contributed by atoms with E-state index in [9.17, 15) is 4.79 Å². The minimum Gasteiger partial charge on any atom is -0.457 e. The molecule has 0 unspecified atom stereocenters. The van der Waals surface area contributed by atoms with E-state index < -0.39 is 0 Å². The number of para-hydroxylation sites is 2. The molecule has 3 heterocycles. The predicted molar refractivity (Wildman–Crippen MR) is 136 cm³/mol. The van der Waals surface area contributed by atoms with E-state index in [2.05, 4.69) is 34.2 Å². The maximum absolute atomic E-state index is 13.8. The summed E-state index contributed by atoms with van der Waals surface area (Å²) in [5.41, 5.74) is 5.00. The average molecular weight is 463 g/mol. The van der Waals surface area contributed by atoms with Crippen LogP contribution in [0.15, 0.2) is 84.9 Å². The lowest BCUT2D eigenvalue weighted by Crippen LogP contribution is -2.50. The van der Waals surface area contributed by atoms with Gasteiger partial charge in [0.2, 0.25) is 5.91 Å². The first-order valence-corrected chi connectivity index (χ1v) is 12.0. The number of aromatic nitrogens is 2. The molecule has 1 aromatic heterocycles. The third-order valence-corrected chi connectivity index (χ3v) is 6.91. The van der Waals surface area contributed by atoms with Gasteiger partial charge in [-0.2, -0.15) is 0 Å². The maximum Gasteiger partial charge on any atom is 0.234 e. The molecule has 2 aliphatic heterocycles. The van der Waals surface area contributed by atoms with Crippen LogP contribution in [-0.4, -0.2) is 47.2 Å². The van der Waals surface area contributed by atoms with Gasteiger partial charge in [0.15, 0.2) is 5.82 Å². The van der Waals surface area contributed by atoms with Crippen LogP contribution in [0.2, 0.25) is 0 Å². The SMILES string of the molecule is Cc1ccccc1-c1ccc(N2CCN(C(=O)C3c4ccccc4Oc4ccccc43)CC2)nn1. The zero-order valence-electron chi connectivity index (χ0n) is 19.6. The van der Waals surface area contributed by atoms with Crippen LogP contribution < -0.4 is 9.64 Å². The molecule has 0 N–H and O–H groups in total. The van der Waals surface area contributed by atoms with E-state index in [1.54, 1.807) is 0 Å². The molecular formula is C29H26N4O2. The number of ether oxygens (including phenoxy) is 1. The number of amides is 1. The first kappa shape index (κ1) is 21.4. The molecule has 6 rings (SSSR count). The van der Waals surface area contributed by atoms with E-state index in [4.69, 9.17) is 4.74 Å². The Morgan fingerprint density at radius 2 is 1.40 bits per heavy atom. The van der Waals surface area contributed by atoms with Crippen molar-refractivity contribution in [1.82, 2.24) is 15.1 Å². The molecular weight excluding hydrogens is 436 g/mol. The normalized spacial score (nSPS) is 15.2. The second-order valence-electron chi connectivity index (χ2n) is 9.01. The highest BCUT2D eigenvalue weighted by Gasteiger charge is 2.36. The standard InChI is InChI=1S/C29H26N4O2/c1-20-8-2-3-9-21(20)24-14-15-27(31-30-24)32-16-18-33(19-17-32)29(34)28-22-10-4-6-12-25(22)35-26-13-7-5-11-23(26)28/h2-15,28H,16-19H2,1H3. The van der Waals surface area contributed by atoms with Crippen molar-refractivity contribution >= 4 is 11.7 Å². The van der Waals surface area contributed by atoms with Crippen LogP contribution >= 0.6 is 0 Å². The van der Waals surface area contributed by atoms with Gasteiger partial charge in [0.05, 0.1) is 11.6 Å². The molecule has 0 bridgehead atoms. The van der Waals surface area contributed by atoms with Crippen molar-refractivity contribution in [2.24, 2.45) is 0 Å². The number of carbonyl (C=O) groups is 1. The maximum atomic E-state index is 13.8. The molecule has 6 heteroatoms. The summed E-state index contributed by atoms with van der Waals surface area (Å²) in [5.74, 6) is 2.13. The molecule has 174 valence electrons. The Morgan fingerprint density at radius 3 is 2.03 bits per heavy atom. The van der Waals surface area contributed by atoms with Gasteiger partial charge < -0.3 is 14.5 Å². The fourth-order valence-corrected chi connectivity index (χ4v) is 5.01. The third-order valence-electron chi connectivity index (χ3n) is 6.91. The molecule has 35 heavy (non-hydrogen) atoms. The molecule has 4 aromatic rings. The van der Waals surface area contributed by atoms with Crippen LogP contribution in [0.5, 0.6) is 11.5 Å². The van der Waals surface area contributed by atoms with E-state index in [1.807, 2.05) is 77.7 Å². The van der Waals surface area contributed by atoms with Crippen molar-refractivity contribution in [1.29, 1.82) is 0 Å². The molecule has 0 atom stereocenters. The molecule has 1 saturated heterocycles. The Kier molecular flexibility index (Phi) is 5.41. The highest BCUT2D eigenvalue weighted by atomic mass is 16.5. The predicted octanol–water partition coefficient (Wildman–Crippen LogP) is 5.04. The first-order valence-electron chi connectivity index (χ1n) is 12.0. The summed E-state index contributed by atoms with van der Waals surface area (Å²) in [4.78, 5) is 17.9. The fraction of sp³-hybridized carbons (Fsp3) is 0.207. The van der Waals surface area contributed by atoms with Crippen molar-refractivity contribution in [3.8, 4) is 22.8 Å². The highest BCUT2D eigenvalue weighted by Crippen LogP contribution is 2.44. The van der Waals surface area contributed by atoms with Gasteiger partial charge in [-0.1, -0.05) is 60.7 Å². The van der Waals surface area contributed by atoms with Crippen LogP contribution in [0, 0.1) is 6.92 Å². The van der Waals surface area contributed by atoms with E-state index in [0.29, 0.717) is 13.1 Å². The van der Waals surface area contributed by atoms with Gasteiger partial charge >= 0.3 is 0 Å². The van der Waals surface area contributed by atoms with E-state index >= 15 is 0 Å². The Hall–Kier alpha value is -4.19. The largest absolute Gasteiger partial charge is 0.457 e. The average Bonchev–Trinajstić information content (AvgIpc) is 2.92. The zero-order valence-corrected chi connectivity index (χ0v) is 19.6. The van der Waals surface area contributed by atoms with Crippen molar-refractivity contribution in [3.05, 3.63) is 102 Å². The number of hydrogen-bond acceptors (Lipinski definition) is 5. The highest BCUT2D eigenvalue weighted by molar-refractivity contribution is 5.90. The van der Waals surface area contributed by atoms with Crippen LogP contribution in [0.3, 0.4) is 0 Å². The lowest BCUT2D eigenvalue weighted by molar-refractivity contribution is -0.132. The summed E-state index contributed by atoms with van der Waals surface area (Å²) in [5, 5.41) is 8.97. The van der Waals surface area contributed by atoms with Crippen molar-refractivity contribution in [3.63, 3.8) is 0 Å². The molecule has 0 aliphatic carbocycles. The minimum absolute atomic E-state index is 0.119. The molecule has 3 aromatic carbocycles. The van der Waals surface area contributed by atoms with Gasteiger partial charge in [-0.05, 0) is 36.8 Å². The molecule has 2 aliphatic rings. The van der Waals surface area contributed by atoms with Crippen molar-refractivity contribution in [2.75, 3.05) is 31.1 Å². The van der Waals surface area contributed by atoms with Gasteiger partial charge in [0.1, 0.15) is 11.5 Å². The number of benzene rings is 3. The minimum atomic E-state index is -0.351. The summed E-state index contributed by atoms with van der Waals surface area (Å²) < 4.78 is 6.07. The Morgan fingerprint density at radius 1 is 0.771 bits per heavy atom. The van der Waals surface area contributed by atoms with E-state index in [1.165, 1.54) is 5.56 Å². The van der Waals surface area contributed by atoms with Crippen LogP contribution in [-0.2, 0) is 4.79 Å². The van der Waals surface area contributed by atoms with Crippen LogP contribution in [0.1, 0.15) is 22.6 Å². The Labute approximate surface area is 204 Å². The van der Waals surface area contributed by atoms with Gasteiger partial charge in [-0.25, -0.2) is 0 Å². The van der Waals surface area contributed by atoms with E-state index in [-0.39, 0.29) is 11.8 Å². The van der Waals surface area contributed by atoms with Crippen molar-refractivity contribution in [2.45, 2.75) is 12.8 Å². The summed E-state index contributed by atoms with van der Waals surface area (Å²) in [6.45, 7) is 4.80. The number of nitrogens with zero attached hydrogens (tertiary/aromatic N) is 4. The first-order chi connectivity index (χ1) is 17.2. The number of anilines is 1. The lowest BCUT2D eigenvalue weighted by Gasteiger charge is -2.38. The van der Waals surface area contributed by atoms with Gasteiger partial charge in [-0.3, -0.25) is 4.79 Å². The number of piperazine rings is 1. The number of hydrogen-bond donors (Lipinski definition) is 0. The number of fused-ring (bicyclic) bond motifs is 2. The second kappa shape index (κ2) is 8.87. The summed E-state index contributed by atoms with van der Waals surface area (Å²) >= 11 is 0. The van der Waals surface area contributed by atoms with Gasteiger partial charge in [0, 0.05) is 42.9 Å². The van der Waals surface area contributed by atoms with Gasteiger partial charge in [-0.15, -0.1) is 10.2 Å². The van der Waals surface area contributed by atoms with Crippen LogP contribution in [0.25, 0.3) is 11.3 Å². The summed E-state index contributed by atoms with van der Waals surface area (Å²) in [6.07, 6.45) is 0. The Balaban J connectivity index is 1.18. The van der Waals surface area contributed by atoms with E-state index in [0.717, 1.165) is 52.8 Å². The number of aryl methyl sites for hydroxylation is 1. The van der Waals surface area contributed by atoms with Crippen molar-refractivity contribution < 1.29 is 9.53 Å². The molecule has 0 saturated carbocycles. The molecule has 6 nitrogen and oxygen atoms in total. The molecule has 0 spiro atoms. The van der Waals surface area contributed by atoms with Gasteiger partial charge in [0.25, 0.3) is 0 Å². The monoisotopic (exact) mass is 462 g/mol. The number of rotatable bonds is 3.